The molecule has 0 aliphatic heterocycles. The van der Waals surface area contributed by atoms with E-state index in [1.807, 2.05) is 34.0 Å². The van der Waals surface area contributed by atoms with Gasteiger partial charge >= 0.3 is 0 Å². The first kappa shape index (κ1) is 85.1. The van der Waals surface area contributed by atoms with Crippen molar-refractivity contribution in [2.24, 2.45) is 0 Å². The Morgan fingerprint density at radius 2 is 0.433 bits per heavy atom. The number of fused-ring (bicyclic) bond motifs is 12. The maximum Gasteiger partial charge on any atom is 0.0785 e. The van der Waals surface area contributed by atoms with E-state index in [1.54, 1.807) is 118 Å². The molecule has 3 aliphatic carbocycles. The van der Waals surface area contributed by atoms with Crippen molar-refractivity contribution in [3.8, 4) is 136 Å². The summed E-state index contributed by atoms with van der Waals surface area (Å²) < 4.78 is 0. The Morgan fingerprint density at radius 3 is 0.650 bits per heavy atom. The van der Waals surface area contributed by atoms with Crippen molar-refractivity contribution in [3.05, 3.63) is 272 Å². The predicted molar refractivity (Wildman–Crippen MR) is 529 cm³/mol. The lowest BCUT2D eigenvalue weighted by atomic mass is 9.63. The molecule has 16 rings (SSSR count). The summed E-state index contributed by atoms with van der Waals surface area (Å²) in [5.74, 6) is 42.1. The van der Waals surface area contributed by atoms with E-state index in [0.29, 0.717) is 0 Å². The topological polar surface area (TPSA) is 0 Å². The van der Waals surface area contributed by atoms with Gasteiger partial charge in [-0.15, -0.1) is 102 Å². The first-order valence-corrected chi connectivity index (χ1v) is 52.2. The maximum absolute atomic E-state index is 3.67. The van der Waals surface area contributed by atoms with E-state index in [-0.39, 0.29) is 16.2 Å². The molecule has 0 fully saturated rings. The van der Waals surface area contributed by atoms with Gasteiger partial charge in [-0.25, -0.2) is 0 Å². The molecule has 606 valence electrons. The summed E-state index contributed by atoms with van der Waals surface area (Å²) >= 11 is 15.7. The number of unbranched alkanes of at least 4 members (excludes halogenated alkanes) is 18. The lowest BCUT2D eigenvalue weighted by molar-refractivity contribution is 0.389. The van der Waals surface area contributed by atoms with Gasteiger partial charge in [0.15, 0.2) is 0 Å². The van der Waals surface area contributed by atoms with Crippen molar-refractivity contribution in [2.45, 2.75) is 250 Å². The normalized spacial score (nSPS) is 13.1. The standard InChI is InChI=1S/C111H108S9/c1-7-13-19-25-67-109(68-26-20-14-8-2)97-76-79(100-64-58-91(118-100)55-52-88-49-46-85(115-88)43-40-82-34-31-73-112-82)37-61-94(97)103-106(109)104-95-62-38-80(101-65-59-92(119-101)56-53-89-50-47-86(116-89)44-41-83-35-32-74-113-83)77-98(95)110(69-27-21-15-9-3,70-28-22-16-10-4)108(104)105-96-63-39-81(78-99(96)111(107(103)105,71-29-23-17-11-5)72-30-24-18-12-6)102-66-60-93(120-102)57-54-90-51-48-87(117-90)45-42-84-36-33-75-114-84/h31-39,46-51,58-66,73-78H,7-30,67-72H2,1-6H3. The van der Waals surface area contributed by atoms with E-state index >= 15 is 0 Å². The van der Waals surface area contributed by atoms with E-state index in [0.717, 1.165) is 97.1 Å². The third-order valence-corrected chi connectivity index (χ3v) is 33.3. The molecule has 0 nitrogen and oxygen atoms in total. The molecular weight excluding hydrogens is 1620 g/mol. The van der Waals surface area contributed by atoms with Gasteiger partial charge in [-0.05, 0) is 318 Å². The Bertz CT molecular complexity index is 5440. The molecule has 0 unspecified atom stereocenters. The van der Waals surface area contributed by atoms with Gasteiger partial charge in [-0.2, -0.15) is 0 Å². The summed E-state index contributed by atoms with van der Waals surface area (Å²) in [5.41, 5.74) is 22.5. The van der Waals surface area contributed by atoms with Crippen LogP contribution in [0.2, 0.25) is 0 Å². The van der Waals surface area contributed by atoms with Crippen molar-refractivity contribution >= 4 is 102 Å². The minimum absolute atomic E-state index is 0.255. The second-order valence-corrected chi connectivity index (χ2v) is 42.4. The maximum atomic E-state index is 3.67. The monoisotopic (exact) mass is 1730 g/mol. The van der Waals surface area contributed by atoms with E-state index < -0.39 is 0 Å². The summed E-state index contributed by atoms with van der Waals surface area (Å²) in [5, 5.41) is 6.28. The fourth-order valence-electron chi connectivity index (χ4n) is 19.3. The fraction of sp³-hybridized carbons (Fsp3) is 0.351. The molecule has 9 heterocycles. The highest BCUT2D eigenvalue weighted by Gasteiger charge is 2.58. The molecule has 13 aromatic rings. The number of thiophene rings is 9. The second-order valence-electron chi connectivity index (χ2n) is 33.1. The van der Waals surface area contributed by atoms with Crippen LogP contribution in [0, 0.1) is 71.0 Å². The zero-order chi connectivity index (χ0) is 82.1. The van der Waals surface area contributed by atoms with Gasteiger partial charge in [-0.1, -0.05) is 250 Å². The van der Waals surface area contributed by atoms with E-state index in [2.05, 4.69) is 293 Å². The van der Waals surface area contributed by atoms with Gasteiger partial charge in [0.1, 0.15) is 0 Å². The van der Waals surface area contributed by atoms with Gasteiger partial charge in [-0.3, -0.25) is 0 Å². The van der Waals surface area contributed by atoms with Crippen LogP contribution >= 0.6 is 102 Å². The van der Waals surface area contributed by atoms with E-state index in [4.69, 9.17) is 0 Å². The van der Waals surface area contributed by atoms with Gasteiger partial charge < -0.3 is 0 Å². The lowest BCUT2D eigenvalue weighted by Crippen LogP contribution is -2.31. The van der Waals surface area contributed by atoms with Gasteiger partial charge in [0.25, 0.3) is 0 Å². The molecule has 0 spiro atoms. The molecule has 0 N–H and O–H groups in total. The average Bonchev–Trinajstić information content (AvgIpc) is 1.48. The zero-order valence-corrected chi connectivity index (χ0v) is 78.1. The van der Waals surface area contributed by atoms with Crippen molar-refractivity contribution < 1.29 is 0 Å². The summed E-state index contributed by atoms with van der Waals surface area (Å²) in [6, 6.07) is 63.4. The smallest absolute Gasteiger partial charge is 0.0785 e. The van der Waals surface area contributed by atoms with Crippen LogP contribution in [0.25, 0.3) is 64.7 Å². The summed E-state index contributed by atoms with van der Waals surface area (Å²) in [6.07, 6.45) is 36.1. The Labute approximate surface area is 752 Å². The predicted octanol–water partition coefficient (Wildman–Crippen LogP) is 34.3. The quantitative estimate of drug-likeness (QED) is 0.0284. The molecule has 0 bridgehead atoms. The Kier molecular flexibility index (Phi) is 28.9. The first-order chi connectivity index (χ1) is 59.1. The highest BCUT2D eigenvalue weighted by Crippen LogP contribution is 2.72. The molecule has 9 heteroatoms. The molecule has 0 amide bonds. The highest BCUT2D eigenvalue weighted by molar-refractivity contribution is 7.17. The van der Waals surface area contributed by atoms with E-state index in [9.17, 15) is 0 Å². The molecule has 0 atom stereocenters. The molecule has 0 radical (unpaired) electrons. The lowest BCUT2D eigenvalue weighted by Gasteiger charge is -2.40. The first-order valence-electron chi connectivity index (χ1n) is 44.7. The van der Waals surface area contributed by atoms with Crippen molar-refractivity contribution in [1.82, 2.24) is 0 Å². The Balaban J connectivity index is 0.930. The SMILES string of the molecule is CCCCCCC1(CCCCCC)c2cc(-c3ccc(C#Cc4ccc(C#Cc5cccs5)s4)s3)ccc2-c2c1c1c(c3c2C(CCCCCC)(CCCCCC)c2cc(-c4ccc(C#Cc5ccc(C#Cc6cccs6)s5)s4)ccc2-3)C(CCCCCC)(CCCCCC)c2cc(-c3ccc(C#Cc4ccc(C#Cc5cccs5)s4)s3)ccc2-1. The number of hydrogen-bond donors (Lipinski definition) is 0. The van der Waals surface area contributed by atoms with Crippen molar-refractivity contribution in [3.63, 3.8) is 0 Å². The van der Waals surface area contributed by atoms with Crippen LogP contribution < -0.4 is 0 Å². The third-order valence-electron chi connectivity index (χ3n) is 25.0. The molecule has 120 heavy (non-hydrogen) atoms. The highest BCUT2D eigenvalue weighted by atomic mass is 32.1. The molecular formula is C111H108S9. The second kappa shape index (κ2) is 40.7. The fourth-order valence-corrected chi connectivity index (χ4v) is 25.7. The third kappa shape index (κ3) is 18.9. The van der Waals surface area contributed by atoms with Crippen LogP contribution in [-0.2, 0) is 16.2 Å². The molecule has 4 aromatic carbocycles. The van der Waals surface area contributed by atoms with Gasteiger partial charge in [0.2, 0.25) is 0 Å². The number of benzene rings is 4. The molecule has 0 saturated heterocycles. The minimum Gasteiger partial charge on any atom is -0.135 e. The largest absolute Gasteiger partial charge is 0.135 e. The van der Waals surface area contributed by atoms with E-state index in [1.165, 1.54) is 202 Å². The summed E-state index contributed by atoms with van der Waals surface area (Å²) in [6.45, 7) is 14.4. The van der Waals surface area contributed by atoms with Gasteiger partial charge in [0, 0.05) is 30.9 Å². The van der Waals surface area contributed by atoms with Crippen LogP contribution in [0.15, 0.2) is 180 Å². The average molecular weight is 1730 g/mol. The Hall–Kier alpha value is -8.46. The van der Waals surface area contributed by atoms with Crippen LogP contribution in [-0.4, -0.2) is 0 Å². The molecule has 0 saturated carbocycles. The summed E-state index contributed by atoms with van der Waals surface area (Å²) in [7, 11) is 0. The van der Waals surface area contributed by atoms with Crippen LogP contribution in [0.4, 0.5) is 0 Å². The van der Waals surface area contributed by atoms with Crippen LogP contribution in [0.5, 0.6) is 0 Å². The van der Waals surface area contributed by atoms with Crippen LogP contribution in [0.1, 0.15) is 326 Å². The minimum atomic E-state index is -0.255. The molecule has 9 aromatic heterocycles. The Morgan fingerprint density at radius 1 is 0.217 bits per heavy atom. The zero-order valence-electron chi connectivity index (χ0n) is 70.7. The summed E-state index contributed by atoms with van der Waals surface area (Å²) in [4.78, 5) is 16.7. The number of rotatable bonds is 33. The van der Waals surface area contributed by atoms with Crippen LogP contribution in [0.3, 0.4) is 0 Å². The van der Waals surface area contributed by atoms with Crippen molar-refractivity contribution in [1.29, 1.82) is 0 Å². The van der Waals surface area contributed by atoms with Crippen molar-refractivity contribution in [2.75, 3.05) is 0 Å². The molecule has 3 aliphatic rings. The number of hydrogen-bond acceptors (Lipinski definition) is 9. The van der Waals surface area contributed by atoms with Gasteiger partial charge in [0.05, 0.1) is 58.5 Å².